The van der Waals surface area contributed by atoms with Crippen LogP contribution in [-0.4, -0.2) is 24.1 Å². The fourth-order valence-electron chi connectivity index (χ4n) is 3.22. The van der Waals surface area contributed by atoms with Crippen molar-refractivity contribution in [2.24, 2.45) is 21.7 Å². The van der Waals surface area contributed by atoms with Crippen LogP contribution in [0, 0.1) is 5.92 Å². The van der Waals surface area contributed by atoms with E-state index in [0.717, 1.165) is 29.1 Å². The Hall–Kier alpha value is -3.15. The summed E-state index contributed by atoms with van der Waals surface area (Å²) in [6.07, 6.45) is 1.35. The number of nitrogens with two attached hydrogens (primary N) is 1. The Bertz CT molecular complexity index is 843. The van der Waals surface area contributed by atoms with E-state index in [1.807, 2.05) is 66.4 Å². The molecule has 6 nitrogen and oxygen atoms in total. The first-order valence-corrected chi connectivity index (χ1v) is 9.26. The number of carbonyl (C=O) groups is 1. The van der Waals surface area contributed by atoms with Gasteiger partial charge in [0.15, 0.2) is 0 Å². The number of hydrogen-bond acceptors (Lipinski definition) is 3. The number of carbonyl (C=O) groups excluding carboxylic acids is 1. The zero-order valence-corrected chi connectivity index (χ0v) is 15.7. The Kier molecular flexibility index (Phi) is 5.86. The standard InChI is InChI=1S/C21H25N5O/c1-3-15-14-19(27)24-25-20(15)16-10-12-18(13-11-16)26(21(22)23-4-2)17-8-6-5-7-9-17/h5-13,15H,3-4,14H2,1-2H3,(H2,22,23)(H,24,27). The van der Waals surface area contributed by atoms with Crippen molar-refractivity contribution in [2.45, 2.75) is 26.7 Å². The molecule has 27 heavy (non-hydrogen) atoms. The van der Waals surface area contributed by atoms with Gasteiger partial charge in [0.1, 0.15) is 0 Å². The van der Waals surface area contributed by atoms with Crippen molar-refractivity contribution in [2.75, 3.05) is 11.4 Å². The Morgan fingerprint density at radius 2 is 1.81 bits per heavy atom. The number of rotatable bonds is 5. The molecule has 2 aromatic carbocycles. The SMILES string of the molecule is CCN=C(N)N(c1ccccc1)c1ccc(C2=NNC(=O)CC2CC)cc1. The molecule has 0 radical (unpaired) electrons. The quantitative estimate of drug-likeness (QED) is 0.631. The lowest BCUT2D eigenvalue weighted by molar-refractivity contribution is -0.122. The van der Waals surface area contributed by atoms with Crippen molar-refractivity contribution in [3.63, 3.8) is 0 Å². The number of aliphatic imine (C=N–C) groups is 1. The van der Waals surface area contributed by atoms with Gasteiger partial charge in [-0.15, -0.1) is 0 Å². The normalized spacial score (nSPS) is 17.3. The molecule has 1 atom stereocenters. The number of nitrogens with one attached hydrogen (secondary N) is 1. The maximum Gasteiger partial charge on any atom is 0.240 e. The first kappa shape index (κ1) is 18.6. The summed E-state index contributed by atoms with van der Waals surface area (Å²) >= 11 is 0. The van der Waals surface area contributed by atoms with Crippen LogP contribution in [0.1, 0.15) is 32.3 Å². The Balaban J connectivity index is 1.94. The van der Waals surface area contributed by atoms with E-state index in [2.05, 4.69) is 22.4 Å². The average Bonchev–Trinajstić information content (AvgIpc) is 2.70. The molecule has 140 valence electrons. The molecule has 0 spiro atoms. The second-order valence-electron chi connectivity index (χ2n) is 6.39. The van der Waals surface area contributed by atoms with Gasteiger partial charge in [-0.3, -0.25) is 14.7 Å². The van der Waals surface area contributed by atoms with Gasteiger partial charge >= 0.3 is 0 Å². The Morgan fingerprint density at radius 3 is 2.44 bits per heavy atom. The highest BCUT2D eigenvalue weighted by Crippen LogP contribution is 2.27. The molecule has 3 N–H and O–H groups in total. The maximum absolute atomic E-state index is 11.6. The molecule has 0 bridgehead atoms. The van der Waals surface area contributed by atoms with Crippen LogP contribution in [-0.2, 0) is 4.79 Å². The molecule has 0 saturated carbocycles. The first-order valence-electron chi connectivity index (χ1n) is 9.26. The average molecular weight is 363 g/mol. The summed E-state index contributed by atoms with van der Waals surface area (Å²) in [6.45, 7) is 4.65. The number of benzene rings is 2. The van der Waals surface area contributed by atoms with Crippen LogP contribution in [0.4, 0.5) is 11.4 Å². The predicted molar refractivity (Wildman–Crippen MR) is 110 cm³/mol. The van der Waals surface area contributed by atoms with E-state index in [1.165, 1.54) is 0 Å². The van der Waals surface area contributed by atoms with Gasteiger partial charge in [-0.05, 0) is 43.2 Å². The van der Waals surface area contributed by atoms with E-state index in [1.54, 1.807) is 0 Å². The van der Waals surface area contributed by atoms with Gasteiger partial charge in [-0.2, -0.15) is 5.10 Å². The molecule has 1 aliphatic heterocycles. The number of nitrogens with zero attached hydrogens (tertiary/aromatic N) is 3. The molecule has 1 amide bonds. The van der Waals surface area contributed by atoms with Gasteiger partial charge < -0.3 is 5.73 Å². The van der Waals surface area contributed by atoms with Crippen molar-refractivity contribution in [1.29, 1.82) is 0 Å². The van der Waals surface area contributed by atoms with E-state index in [-0.39, 0.29) is 11.8 Å². The molecule has 6 heteroatoms. The number of guanidine groups is 1. The van der Waals surface area contributed by atoms with Gasteiger partial charge in [0.05, 0.1) is 5.71 Å². The Labute approximate surface area is 159 Å². The summed E-state index contributed by atoms with van der Waals surface area (Å²) in [6, 6.07) is 18.0. The fourth-order valence-corrected chi connectivity index (χ4v) is 3.22. The highest BCUT2D eigenvalue weighted by molar-refractivity contribution is 6.07. The summed E-state index contributed by atoms with van der Waals surface area (Å²) in [5.74, 6) is 0.563. The lowest BCUT2D eigenvalue weighted by Crippen LogP contribution is -2.34. The number of hydrogen-bond donors (Lipinski definition) is 2. The van der Waals surface area contributed by atoms with Gasteiger partial charge in [0, 0.05) is 30.3 Å². The number of para-hydroxylation sites is 1. The maximum atomic E-state index is 11.6. The van der Waals surface area contributed by atoms with Gasteiger partial charge in [-0.1, -0.05) is 37.3 Å². The third kappa shape index (κ3) is 4.16. The Morgan fingerprint density at radius 1 is 1.15 bits per heavy atom. The van der Waals surface area contributed by atoms with E-state index >= 15 is 0 Å². The van der Waals surface area contributed by atoms with Gasteiger partial charge in [0.2, 0.25) is 11.9 Å². The highest BCUT2D eigenvalue weighted by atomic mass is 16.2. The third-order valence-electron chi connectivity index (χ3n) is 4.60. The summed E-state index contributed by atoms with van der Waals surface area (Å²) in [5.41, 5.74) is 12.6. The van der Waals surface area contributed by atoms with Crippen LogP contribution < -0.4 is 16.1 Å². The first-order chi connectivity index (χ1) is 13.1. The van der Waals surface area contributed by atoms with Crippen LogP contribution in [0.25, 0.3) is 0 Å². The topological polar surface area (TPSA) is 83.1 Å². The van der Waals surface area contributed by atoms with Crippen LogP contribution in [0.3, 0.4) is 0 Å². The van der Waals surface area contributed by atoms with Crippen LogP contribution in [0.15, 0.2) is 64.7 Å². The lowest BCUT2D eigenvalue weighted by Gasteiger charge is -2.25. The number of anilines is 2. The molecule has 2 aromatic rings. The second-order valence-corrected chi connectivity index (χ2v) is 6.39. The van der Waals surface area contributed by atoms with E-state index < -0.39 is 0 Å². The molecule has 1 aliphatic rings. The number of hydrazone groups is 1. The molecule has 0 aromatic heterocycles. The number of amides is 1. The minimum Gasteiger partial charge on any atom is -0.369 e. The third-order valence-corrected chi connectivity index (χ3v) is 4.60. The fraction of sp³-hybridized carbons (Fsp3) is 0.286. The molecule has 1 unspecified atom stereocenters. The zero-order chi connectivity index (χ0) is 19.2. The van der Waals surface area contributed by atoms with Gasteiger partial charge in [0.25, 0.3) is 0 Å². The minimum absolute atomic E-state index is 0.0268. The molecule has 3 rings (SSSR count). The smallest absolute Gasteiger partial charge is 0.240 e. The zero-order valence-electron chi connectivity index (χ0n) is 15.7. The summed E-state index contributed by atoms with van der Waals surface area (Å²) < 4.78 is 0. The van der Waals surface area contributed by atoms with Crippen LogP contribution in [0.2, 0.25) is 0 Å². The largest absolute Gasteiger partial charge is 0.369 e. The van der Waals surface area contributed by atoms with E-state index in [0.29, 0.717) is 18.9 Å². The second kappa shape index (κ2) is 8.49. The predicted octanol–water partition coefficient (Wildman–Crippen LogP) is 3.41. The van der Waals surface area contributed by atoms with E-state index in [9.17, 15) is 4.79 Å². The molecule has 0 aliphatic carbocycles. The molecule has 0 fully saturated rings. The van der Waals surface area contributed by atoms with Crippen LogP contribution in [0.5, 0.6) is 0 Å². The van der Waals surface area contributed by atoms with Crippen molar-refractivity contribution in [1.82, 2.24) is 5.43 Å². The monoisotopic (exact) mass is 363 g/mol. The van der Waals surface area contributed by atoms with Crippen molar-refractivity contribution in [3.05, 3.63) is 60.2 Å². The van der Waals surface area contributed by atoms with E-state index in [4.69, 9.17) is 5.73 Å². The summed E-state index contributed by atoms with van der Waals surface area (Å²) in [7, 11) is 0. The molecule has 0 saturated heterocycles. The summed E-state index contributed by atoms with van der Waals surface area (Å²) in [4.78, 5) is 17.9. The van der Waals surface area contributed by atoms with Crippen LogP contribution >= 0.6 is 0 Å². The molecular weight excluding hydrogens is 338 g/mol. The molecule has 1 heterocycles. The van der Waals surface area contributed by atoms with Crippen molar-refractivity contribution < 1.29 is 4.79 Å². The van der Waals surface area contributed by atoms with Crippen molar-refractivity contribution >= 4 is 29.0 Å². The highest BCUT2D eigenvalue weighted by Gasteiger charge is 2.24. The summed E-state index contributed by atoms with van der Waals surface area (Å²) in [5, 5.41) is 4.29. The molecular formula is C21H25N5O. The van der Waals surface area contributed by atoms with Gasteiger partial charge in [-0.25, -0.2) is 5.43 Å². The lowest BCUT2D eigenvalue weighted by atomic mass is 9.90. The minimum atomic E-state index is -0.0268. The van der Waals surface area contributed by atoms with Crippen molar-refractivity contribution in [3.8, 4) is 0 Å².